The third kappa shape index (κ3) is 2.72. The number of benzene rings is 1. The van der Waals surface area contributed by atoms with Crippen LogP contribution in [-0.2, 0) is 4.74 Å². The molecule has 1 aromatic carbocycles. The number of hydrogen-bond donors (Lipinski definition) is 0. The van der Waals surface area contributed by atoms with Crippen LogP contribution in [0, 0.1) is 0 Å². The van der Waals surface area contributed by atoms with Gasteiger partial charge in [0.1, 0.15) is 0 Å². The van der Waals surface area contributed by atoms with Gasteiger partial charge in [0, 0.05) is 29.1 Å². The molecule has 5 heteroatoms. The van der Waals surface area contributed by atoms with Crippen LogP contribution in [0.5, 0.6) is 0 Å². The van der Waals surface area contributed by atoms with E-state index in [9.17, 15) is 0 Å². The molecule has 2 heterocycles. The zero-order valence-electron chi connectivity index (χ0n) is 11.0. The maximum Gasteiger partial charge on any atom is 0.226 e. The van der Waals surface area contributed by atoms with Crippen LogP contribution in [0.4, 0.5) is 5.95 Å². The lowest BCUT2D eigenvalue weighted by Gasteiger charge is -2.35. The Balaban J connectivity index is 1.94. The van der Waals surface area contributed by atoms with Gasteiger partial charge in [0.15, 0.2) is 0 Å². The van der Waals surface area contributed by atoms with Crippen LogP contribution in [0.3, 0.4) is 0 Å². The summed E-state index contributed by atoms with van der Waals surface area (Å²) in [4.78, 5) is 11.3. The molecule has 1 fully saturated rings. The number of ether oxygens (including phenoxy) is 1. The molecule has 1 saturated heterocycles. The van der Waals surface area contributed by atoms with E-state index in [2.05, 4.69) is 44.6 Å². The first-order valence-corrected chi connectivity index (χ1v) is 7.24. The van der Waals surface area contributed by atoms with E-state index in [-0.39, 0.29) is 12.2 Å². The van der Waals surface area contributed by atoms with Gasteiger partial charge < -0.3 is 9.64 Å². The van der Waals surface area contributed by atoms with Crippen molar-refractivity contribution in [3.8, 4) is 0 Å². The number of aromatic nitrogens is 2. The second-order valence-electron chi connectivity index (χ2n) is 5.04. The summed E-state index contributed by atoms with van der Waals surface area (Å²) in [5.74, 6) is 0.789. The average molecular weight is 322 g/mol. The van der Waals surface area contributed by atoms with E-state index in [1.807, 2.05) is 24.4 Å². The highest BCUT2D eigenvalue weighted by Gasteiger charge is 2.24. The van der Waals surface area contributed by atoms with Crippen LogP contribution < -0.4 is 4.90 Å². The summed E-state index contributed by atoms with van der Waals surface area (Å²) in [6.45, 7) is 5.85. The number of nitrogens with zero attached hydrogens (tertiary/aromatic N) is 3. The average Bonchev–Trinajstić information content (AvgIpc) is 2.37. The molecule has 0 amide bonds. The fourth-order valence-corrected chi connectivity index (χ4v) is 2.87. The van der Waals surface area contributed by atoms with E-state index < -0.39 is 0 Å². The topological polar surface area (TPSA) is 38.2 Å². The minimum absolute atomic E-state index is 0.216. The smallest absolute Gasteiger partial charge is 0.226 e. The minimum Gasteiger partial charge on any atom is -0.372 e. The first-order chi connectivity index (χ1) is 9.11. The van der Waals surface area contributed by atoms with Crippen LogP contribution >= 0.6 is 15.9 Å². The zero-order chi connectivity index (χ0) is 13.4. The van der Waals surface area contributed by atoms with Gasteiger partial charge in [-0.1, -0.05) is 15.9 Å². The third-order valence-corrected chi connectivity index (χ3v) is 3.72. The summed E-state index contributed by atoms with van der Waals surface area (Å²) >= 11 is 3.46. The second kappa shape index (κ2) is 5.06. The number of anilines is 1. The van der Waals surface area contributed by atoms with Gasteiger partial charge in [-0.25, -0.2) is 9.97 Å². The molecule has 2 aromatic rings. The molecule has 19 heavy (non-hydrogen) atoms. The van der Waals surface area contributed by atoms with Crippen molar-refractivity contribution in [2.24, 2.45) is 0 Å². The van der Waals surface area contributed by atoms with Crippen molar-refractivity contribution in [2.75, 3.05) is 18.0 Å². The van der Waals surface area contributed by atoms with Crippen molar-refractivity contribution in [1.82, 2.24) is 9.97 Å². The van der Waals surface area contributed by atoms with Gasteiger partial charge >= 0.3 is 0 Å². The molecule has 100 valence electrons. The standard InChI is InChI=1S/C14H16BrN3O/c1-9-7-18(8-10(2)19-9)14-16-6-11-5-12(15)3-4-13(11)17-14/h3-6,9-10H,7-8H2,1-2H3. The highest BCUT2D eigenvalue weighted by Crippen LogP contribution is 2.21. The van der Waals surface area contributed by atoms with Crippen LogP contribution in [-0.4, -0.2) is 35.3 Å². The Morgan fingerprint density at radius 3 is 2.74 bits per heavy atom. The first kappa shape index (κ1) is 12.8. The largest absolute Gasteiger partial charge is 0.372 e. The molecule has 3 rings (SSSR count). The monoisotopic (exact) mass is 321 g/mol. The maximum atomic E-state index is 5.74. The second-order valence-corrected chi connectivity index (χ2v) is 5.95. The molecule has 2 atom stereocenters. The summed E-state index contributed by atoms with van der Waals surface area (Å²) in [6.07, 6.45) is 2.31. The fraction of sp³-hybridized carbons (Fsp3) is 0.429. The molecule has 1 aromatic heterocycles. The van der Waals surface area contributed by atoms with Gasteiger partial charge in [0.05, 0.1) is 17.7 Å². The highest BCUT2D eigenvalue weighted by molar-refractivity contribution is 9.10. The highest BCUT2D eigenvalue weighted by atomic mass is 79.9. The summed E-state index contributed by atoms with van der Waals surface area (Å²) in [7, 11) is 0. The van der Waals surface area contributed by atoms with Crippen LogP contribution in [0.1, 0.15) is 13.8 Å². The molecule has 2 unspecified atom stereocenters. The molecule has 1 aliphatic heterocycles. The van der Waals surface area contributed by atoms with E-state index in [1.165, 1.54) is 0 Å². The normalized spacial score (nSPS) is 23.8. The van der Waals surface area contributed by atoms with Crippen LogP contribution in [0.15, 0.2) is 28.9 Å². The Labute approximate surface area is 120 Å². The number of hydrogen-bond acceptors (Lipinski definition) is 4. The quantitative estimate of drug-likeness (QED) is 0.809. The molecule has 1 aliphatic rings. The number of halogens is 1. The molecule has 0 N–H and O–H groups in total. The Morgan fingerprint density at radius 1 is 1.26 bits per heavy atom. The lowest BCUT2D eigenvalue weighted by molar-refractivity contribution is -0.00570. The predicted molar refractivity (Wildman–Crippen MR) is 79.5 cm³/mol. The molecule has 0 saturated carbocycles. The van der Waals surface area contributed by atoms with E-state index >= 15 is 0 Å². The predicted octanol–water partition coefficient (Wildman–Crippen LogP) is 3.01. The first-order valence-electron chi connectivity index (χ1n) is 6.44. The van der Waals surface area contributed by atoms with Gasteiger partial charge in [-0.05, 0) is 32.0 Å². The van der Waals surface area contributed by atoms with Gasteiger partial charge in [-0.3, -0.25) is 0 Å². The van der Waals surface area contributed by atoms with Crippen molar-refractivity contribution >= 4 is 32.8 Å². The van der Waals surface area contributed by atoms with E-state index in [1.54, 1.807) is 0 Å². The summed E-state index contributed by atoms with van der Waals surface area (Å²) in [5, 5.41) is 1.05. The Bertz CT molecular complexity index is 594. The minimum atomic E-state index is 0.216. The van der Waals surface area contributed by atoms with Crippen molar-refractivity contribution in [3.63, 3.8) is 0 Å². The number of rotatable bonds is 1. The van der Waals surface area contributed by atoms with Gasteiger partial charge in [0.25, 0.3) is 0 Å². The van der Waals surface area contributed by atoms with Crippen molar-refractivity contribution < 1.29 is 4.74 Å². The lowest BCUT2D eigenvalue weighted by atomic mass is 10.2. The lowest BCUT2D eigenvalue weighted by Crippen LogP contribution is -2.46. The zero-order valence-corrected chi connectivity index (χ0v) is 12.6. The Kier molecular flexibility index (Phi) is 3.41. The summed E-state index contributed by atoms with van der Waals surface area (Å²) < 4.78 is 6.78. The Hall–Kier alpha value is -1.20. The van der Waals surface area contributed by atoms with Crippen LogP contribution in [0.25, 0.3) is 10.9 Å². The van der Waals surface area contributed by atoms with Gasteiger partial charge in [0.2, 0.25) is 5.95 Å². The number of fused-ring (bicyclic) bond motifs is 1. The van der Waals surface area contributed by atoms with E-state index in [4.69, 9.17) is 4.74 Å². The van der Waals surface area contributed by atoms with E-state index in [0.29, 0.717) is 0 Å². The summed E-state index contributed by atoms with van der Waals surface area (Å²) in [6, 6.07) is 6.05. The van der Waals surface area contributed by atoms with Crippen molar-refractivity contribution in [1.29, 1.82) is 0 Å². The van der Waals surface area contributed by atoms with Gasteiger partial charge in [-0.15, -0.1) is 0 Å². The van der Waals surface area contributed by atoms with Gasteiger partial charge in [-0.2, -0.15) is 0 Å². The van der Waals surface area contributed by atoms with Crippen molar-refractivity contribution in [2.45, 2.75) is 26.1 Å². The number of morpholine rings is 1. The van der Waals surface area contributed by atoms with Crippen molar-refractivity contribution in [3.05, 3.63) is 28.9 Å². The Morgan fingerprint density at radius 2 is 2.00 bits per heavy atom. The SMILES string of the molecule is CC1CN(c2ncc3cc(Br)ccc3n2)CC(C)O1. The molecule has 0 radical (unpaired) electrons. The third-order valence-electron chi connectivity index (χ3n) is 3.23. The molecule has 0 bridgehead atoms. The maximum absolute atomic E-state index is 5.74. The fourth-order valence-electron chi connectivity index (χ4n) is 2.49. The van der Waals surface area contributed by atoms with E-state index in [0.717, 1.165) is 34.4 Å². The molecule has 4 nitrogen and oxygen atoms in total. The van der Waals surface area contributed by atoms with Crippen LogP contribution in [0.2, 0.25) is 0 Å². The molecular weight excluding hydrogens is 306 g/mol. The molecule has 0 aliphatic carbocycles. The molecular formula is C14H16BrN3O. The molecule has 0 spiro atoms. The summed E-state index contributed by atoms with van der Waals surface area (Å²) in [5.41, 5.74) is 0.972.